The molecule has 1 saturated carbocycles. The van der Waals surface area contributed by atoms with Gasteiger partial charge < -0.3 is 10.1 Å². The predicted octanol–water partition coefficient (Wildman–Crippen LogP) is 0.495. The van der Waals surface area contributed by atoms with Crippen molar-refractivity contribution in [3.63, 3.8) is 0 Å². The maximum Gasteiger partial charge on any atom is 0.323 e. The Kier molecular flexibility index (Phi) is 2.24. The van der Waals surface area contributed by atoms with Crippen molar-refractivity contribution in [2.45, 2.75) is 25.1 Å². The van der Waals surface area contributed by atoms with Gasteiger partial charge in [-0.2, -0.15) is 0 Å². The lowest BCUT2D eigenvalue weighted by Crippen LogP contribution is -2.36. The van der Waals surface area contributed by atoms with Gasteiger partial charge in [-0.3, -0.25) is 4.79 Å². The molecule has 1 heterocycles. The zero-order chi connectivity index (χ0) is 9.42. The van der Waals surface area contributed by atoms with E-state index < -0.39 is 6.17 Å². The highest BCUT2D eigenvalue weighted by molar-refractivity contribution is 5.76. The number of ether oxygens (including phenoxy) is 1. The number of fused-ring (bicyclic) bond motifs is 1. The summed E-state index contributed by atoms with van der Waals surface area (Å²) in [5, 5.41) is 3.03. The molecule has 2 aliphatic rings. The number of halogens is 1. The minimum atomic E-state index is -0.729. The fourth-order valence-corrected chi connectivity index (χ4v) is 2.54. The summed E-state index contributed by atoms with van der Waals surface area (Å²) in [6, 6.07) is -0.268. The highest BCUT2D eigenvalue weighted by Gasteiger charge is 2.48. The van der Waals surface area contributed by atoms with Crippen molar-refractivity contribution in [1.29, 1.82) is 0 Å². The maximum atomic E-state index is 13.2. The van der Waals surface area contributed by atoms with E-state index in [1.165, 1.54) is 7.11 Å². The molecule has 2 rings (SSSR count). The monoisotopic (exact) mass is 187 g/mol. The van der Waals surface area contributed by atoms with Gasteiger partial charge in [-0.25, -0.2) is 4.39 Å². The van der Waals surface area contributed by atoms with E-state index in [9.17, 15) is 9.18 Å². The van der Waals surface area contributed by atoms with E-state index in [0.29, 0.717) is 13.0 Å². The molecule has 3 nitrogen and oxygen atoms in total. The first kappa shape index (κ1) is 8.94. The second-order valence-electron chi connectivity index (χ2n) is 3.83. The van der Waals surface area contributed by atoms with Crippen LogP contribution in [0.15, 0.2) is 0 Å². The Morgan fingerprint density at radius 3 is 2.92 bits per heavy atom. The average molecular weight is 187 g/mol. The summed E-state index contributed by atoms with van der Waals surface area (Å²) in [5.74, 6) is -0.0619. The van der Waals surface area contributed by atoms with E-state index in [4.69, 9.17) is 0 Å². The standard InChI is InChI=1S/C9H14FNO2/c1-13-9(12)8-5-2-3-7(10)6(5)4-11-8/h5-8,11H,2-4H2,1H3/t5-,6-,7-,8-/m0/s1. The van der Waals surface area contributed by atoms with Gasteiger partial charge >= 0.3 is 5.97 Å². The molecule has 0 radical (unpaired) electrons. The van der Waals surface area contributed by atoms with Crippen molar-refractivity contribution in [1.82, 2.24) is 5.32 Å². The molecule has 1 N–H and O–H groups in total. The van der Waals surface area contributed by atoms with E-state index in [2.05, 4.69) is 10.1 Å². The number of rotatable bonds is 1. The molecule has 2 fully saturated rings. The molecule has 0 unspecified atom stereocenters. The number of carbonyl (C=O) groups excluding carboxylic acids is 1. The summed E-state index contributed by atoms with van der Waals surface area (Å²) >= 11 is 0. The van der Waals surface area contributed by atoms with Gasteiger partial charge in [0.25, 0.3) is 0 Å². The van der Waals surface area contributed by atoms with Gasteiger partial charge in [0.1, 0.15) is 12.2 Å². The van der Waals surface area contributed by atoms with Crippen LogP contribution in [0.25, 0.3) is 0 Å². The first-order chi connectivity index (χ1) is 6.24. The highest BCUT2D eigenvalue weighted by atomic mass is 19.1. The summed E-state index contributed by atoms with van der Waals surface area (Å²) in [5.41, 5.74) is 0. The first-order valence-electron chi connectivity index (χ1n) is 4.69. The van der Waals surface area contributed by atoms with E-state index in [-0.39, 0.29) is 23.8 Å². The Hall–Kier alpha value is -0.640. The van der Waals surface area contributed by atoms with E-state index in [1.807, 2.05) is 0 Å². The lowest BCUT2D eigenvalue weighted by Gasteiger charge is -2.14. The molecule has 0 amide bonds. The number of hydrogen-bond donors (Lipinski definition) is 1. The van der Waals surface area contributed by atoms with Crippen molar-refractivity contribution in [3.8, 4) is 0 Å². The van der Waals surface area contributed by atoms with Crippen LogP contribution in [-0.4, -0.2) is 31.8 Å². The molecular weight excluding hydrogens is 173 g/mol. The van der Waals surface area contributed by atoms with Crippen LogP contribution in [0.2, 0.25) is 0 Å². The van der Waals surface area contributed by atoms with Crippen molar-refractivity contribution in [2.75, 3.05) is 13.7 Å². The third-order valence-corrected chi connectivity index (χ3v) is 3.25. The molecule has 1 aliphatic carbocycles. The SMILES string of the molecule is COC(=O)[C@H]1NC[C@H]2[C@@H]1CC[C@@H]2F. The van der Waals surface area contributed by atoms with Crippen LogP contribution >= 0.6 is 0 Å². The molecule has 74 valence electrons. The van der Waals surface area contributed by atoms with Crippen LogP contribution in [0.3, 0.4) is 0 Å². The number of nitrogens with one attached hydrogen (secondary N) is 1. The number of carbonyl (C=O) groups is 1. The van der Waals surface area contributed by atoms with Gasteiger partial charge in [0.2, 0.25) is 0 Å². The van der Waals surface area contributed by atoms with E-state index in [1.54, 1.807) is 0 Å². The summed E-state index contributed by atoms with van der Waals surface area (Å²) < 4.78 is 17.9. The van der Waals surface area contributed by atoms with E-state index in [0.717, 1.165) is 6.42 Å². The molecular formula is C9H14FNO2. The first-order valence-corrected chi connectivity index (χ1v) is 4.69. The smallest absolute Gasteiger partial charge is 0.323 e. The van der Waals surface area contributed by atoms with E-state index >= 15 is 0 Å². The zero-order valence-electron chi connectivity index (χ0n) is 7.63. The normalized spacial score (nSPS) is 43.2. The molecule has 1 saturated heterocycles. The second-order valence-corrected chi connectivity index (χ2v) is 3.83. The van der Waals surface area contributed by atoms with Crippen LogP contribution in [0, 0.1) is 11.8 Å². The van der Waals surface area contributed by atoms with Crippen LogP contribution in [0.1, 0.15) is 12.8 Å². The Morgan fingerprint density at radius 1 is 1.46 bits per heavy atom. The molecule has 0 bridgehead atoms. The van der Waals surface area contributed by atoms with Gasteiger partial charge in [-0.1, -0.05) is 0 Å². The van der Waals surface area contributed by atoms with Gasteiger partial charge in [0.05, 0.1) is 7.11 Å². The summed E-state index contributed by atoms with van der Waals surface area (Å²) in [7, 11) is 1.37. The van der Waals surface area contributed by atoms with Gasteiger partial charge in [-0.05, 0) is 18.8 Å². The molecule has 1 aliphatic heterocycles. The summed E-state index contributed by atoms with van der Waals surface area (Å²) in [6.45, 7) is 0.617. The van der Waals surface area contributed by atoms with Crippen molar-refractivity contribution in [3.05, 3.63) is 0 Å². The summed E-state index contributed by atoms with van der Waals surface area (Å²) in [6.07, 6.45) is 0.676. The van der Waals surface area contributed by atoms with Gasteiger partial charge in [-0.15, -0.1) is 0 Å². The lowest BCUT2D eigenvalue weighted by molar-refractivity contribution is -0.143. The fraction of sp³-hybridized carbons (Fsp3) is 0.889. The fourth-order valence-electron chi connectivity index (χ4n) is 2.54. The van der Waals surface area contributed by atoms with Crippen LogP contribution in [-0.2, 0) is 9.53 Å². The largest absolute Gasteiger partial charge is 0.468 e. The van der Waals surface area contributed by atoms with Gasteiger partial charge in [0.15, 0.2) is 0 Å². The Labute approximate surface area is 76.6 Å². The zero-order valence-corrected chi connectivity index (χ0v) is 7.63. The Bertz CT molecular complexity index is 222. The highest BCUT2D eigenvalue weighted by Crippen LogP contribution is 2.39. The maximum absolute atomic E-state index is 13.2. The molecule has 0 aromatic carbocycles. The minimum absolute atomic E-state index is 0.0316. The molecule has 4 atom stereocenters. The Morgan fingerprint density at radius 2 is 2.23 bits per heavy atom. The van der Waals surface area contributed by atoms with Gasteiger partial charge in [0, 0.05) is 12.5 Å². The molecule has 0 aromatic heterocycles. The van der Waals surface area contributed by atoms with Crippen LogP contribution in [0.4, 0.5) is 4.39 Å². The lowest BCUT2D eigenvalue weighted by atomic mass is 9.94. The molecule has 0 spiro atoms. The molecule has 4 heteroatoms. The molecule has 13 heavy (non-hydrogen) atoms. The summed E-state index contributed by atoms with van der Waals surface area (Å²) in [4.78, 5) is 11.3. The minimum Gasteiger partial charge on any atom is -0.468 e. The second kappa shape index (κ2) is 3.25. The third kappa shape index (κ3) is 1.33. The third-order valence-electron chi connectivity index (χ3n) is 3.25. The predicted molar refractivity (Wildman–Crippen MR) is 44.9 cm³/mol. The number of methoxy groups -OCH3 is 1. The van der Waals surface area contributed by atoms with Crippen LogP contribution in [0.5, 0.6) is 0 Å². The molecule has 0 aromatic rings. The number of esters is 1. The topological polar surface area (TPSA) is 38.3 Å². The van der Waals surface area contributed by atoms with Crippen molar-refractivity contribution >= 4 is 5.97 Å². The number of hydrogen-bond acceptors (Lipinski definition) is 3. The van der Waals surface area contributed by atoms with Crippen molar-refractivity contribution in [2.24, 2.45) is 11.8 Å². The quantitative estimate of drug-likeness (QED) is 0.607. The average Bonchev–Trinajstić information content (AvgIpc) is 2.68. The van der Waals surface area contributed by atoms with Crippen molar-refractivity contribution < 1.29 is 13.9 Å². The Balaban J connectivity index is 2.06. The number of alkyl halides is 1. The van der Waals surface area contributed by atoms with Crippen LogP contribution < -0.4 is 5.32 Å².